The molecule has 0 aliphatic rings. The summed E-state index contributed by atoms with van der Waals surface area (Å²) in [4.78, 5) is 23.7. The molecule has 3 heteroatoms. The highest BCUT2D eigenvalue weighted by molar-refractivity contribution is 5.97. The van der Waals surface area contributed by atoms with Crippen LogP contribution in [-0.2, 0) is 10.8 Å². The fraction of sp³-hybridized carbons (Fsp3) is 0.474. The number of rotatable bonds is 1. The Kier molecular flexibility index (Phi) is 3.80. The van der Waals surface area contributed by atoms with Crippen LogP contribution in [0.2, 0.25) is 0 Å². The predicted molar refractivity (Wildman–Crippen MR) is 89.9 cm³/mol. The van der Waals surface area contributed by atoms with Crippen LogP contribution in [0.15, 0.2) is 27.4 Å². The van der Waals surface area contributed by atoms with E-state index in [0.717, 1.165) is 16.5 Å². The Hall–Kier alpha value is -1.90. The van der Waals surface area contributed by atoms with Crippen LogP contribution in [0, 0.1) is 0 Å². The lowest BCUT2D eigenvalue weighted by Gasteiger charge is -2.26. The minimum absolute atomic E-state index is 0.0271. The highest BCUT2D eigenvalue weighted by atomic mass is 16.4. The first kappa shape index (κ1) is 16.5. The van der Waals surface area contributed by atoms with Gasteiger partial charge in [-0.2, -0.15) is 0 Å². The predicted octanol–water partition coefficient (Wildman–Crippen LogP) is 4.59. The molecule has 1 heterocycles. The zero-order valence-electron chi connectivity index (χ0n) is 14.5. The topological polar surface area (TPSA) is 47.3 Å². The molecule has 1 aromatic heterocycles. The Bertz CT molecular complexity index is 796. The largest absolute Gasteiger partial charge is 0.422 e. The maximum atomic E-state index is 12.0. The van der Waals surface area contributed by atoms with Crippen LogP contribution in [0.4, 0.5) is 0 Å². The number of Topliss-reactive ketones (excluding diaryl/α,β-unsaturated/α-hetero) is 1. The van der Waals surface area contributed by atoms with Crippen molar-refractivity contribution in [3.8, 4) is 0 Å². The van der Waals surface area contributed by atoms with Crippen LogP contribution in [0.3, 0.4) is 0 Å². The molecule has 0 amide bonds. The van der Waals surface area contributed by atoms with Crippen LogP contribution in [0.5, 0.6) is 0 Å². The van der Waals surface area contributed by atoms with E-state index >= 15 is 0 Å². The number of benzene rings is 1. The molecular formula is C19H24O3. The fourth-order valence-corrected chi connectivity index (χ4v) is 2.47. The monoisotopic (exact) mass is 300 g/mol. The number of fused-ring (bicyclic) bond motifs is 1. The standard InChI is InChI=1S/C19H24O3/c1-11(20)14-9-12-8-13(18(2,3)4)10-15(19(5,6)7)16(12)22-17(14)21/h8-10H,1-7H3. The van der Waals surface area contributed by atoms with Crippen LogP contribution < -0.4 is 5.63 Å². The van der Waals surface area contributed by atoms with E-state index in [4.69, 9.17) is 4.42 Å². The average Bonchev–Trinajstić information content (AvgIpc) is 2.33. The molecule has 3 nitrogen and oxygen atoms in total. The van der Waals surface area contributed by atoms with Gasteiger partial charge in [0, 0.05) is 10.9 Å². The lowest BCUT2D eigenvalue weighted by molar-refractivity contribution is 0.101. The first-order valence-electron chi connectivity index (χ1n) is 7.55. The second kappa shape index (κ2) is 5.08. The molecule has 1 aromatic carbocycles. The highest BCUT2D eigenvalue weighted by Crippen LogP contribution is 2.34. The van der Waals surface area contributed by atoms with Crippen molar-refractivity contribution in [3.63, 3.8) is 0 Å². The summed E-state index contributed by atoms with van der Waals surface area (Å²) in [7, 11) is 0. The van der Waals surface area contributed by atoms with Gasteiger partial charge in [0.2, 0.25) is 0 Å². The van der Waals surface area contributed by atoms with Crippen molar-refractivity contribution in [1.82, 2.24) is 0 Å². The van der Waals surface area contributed by atoms with Gasteiger partial charge >= 0.3 is 5.63 Å². The SMILES string of the molecule is CC(=O)c1cc2cc(C(C)(C)C)cc(C(C)(C)C)c2oc1=O. The quantitative estimate of drug-likeness (QED) is 0.571. The molecule has 0 aliphatic carbocycles. The van der Waals surface area contributed by atoms with Crippen LogP contribution in [-0.4, -0.2) is 5.78 Å². The molecule has 0 atom stereocenters. The molecule has 118 valence electrons. The molecule has 0 aliphatic heterocycles. The minimum Gasteiger partial charge on any atom is -0.422 e. The van der Waals surface area contributed by atoms with Gasteiger partial charge in [0.1, 0.15) is 11.1 Å². The lowest BCUT2D eigenvalue weighted by Crippen LogP contribution is -2.18. The van der Waals surface area contributed by atoms with Gasteiger partial charge in [-0.15, -0.1) is 0 Å². The number of carbonyl (C=O) groups is 1. The van der Waals surface area contributed by atoms with Crippen LogP contribution >= 0.6 is 0 Å². The summed E-state index contributed by atoms with van der Waals surface area (Å²) in [5.41, 5.74) is 2.09. The van der Waals surface area contributed by atoms with E-state index in [0.29, 0.717) is 5.58 Å². The van der Waals surface area contributed by atoms with E-state index in [2.05, 4.69) is 47.6 Å². The smallest absolute Gasteiger partial charge is 0.347 e. The van der Waals surface area contributed by atoms with E-state index in [1.165, 1.54) is 6.92 Å². The number of ketones is 1. The third-order valence-corrected chi connectivity index (χ3v) is 3.89. The Morgan fingerprint density at radius 2 is 1.55 bits per heavy atom. The van der Waals surface area contributed by atoms with E-state index in [-0.39, 0.29) is 22.2 Å². The maximum absolute atomic E-state index is 12.0. The molecular weight excluding hydrogens is 276 g/mol. The Labute approximate surface area is 131 Å². The van der Waals surface area contributed by atoms with E-state index in [1.807, 2.05) is 6.07 Å². The number of carbonyl (C=O) groups excluding carboxylic acids is 1. The van der Waals surface area contributed by atoms with Crippen LogP contribution in [0.1, 0.15) is 70.0 Å². The van der Waals surface area contributed by atoms with Crippen molar-refractivity contribution in [2.75, 3.05) is 0 Å². The number of hydrogen-bond donors (Lipinski definition) is 0. The molecule has 0 radical (unpaired) electrons. The molecule has 0 spiro atoms. The second-order valence-electron chi connectivity index (χ2n) is 7.95. The van der Waals surface area contributed by atoms with Gasteiger partial charge in [-0.05, 0) is 35.4 Å². The first-order chi connectivity index (χ1) is 9.91. The maximum Gasteiger partial charge on any atom is 0.347 e. The summed E-state index contributed by atoms with van der Waals surface area (Å²) in [5.74, 6) is -0.269. The van der Waals surface area contributed by atoms with E-state index in [1.54, 1.807) is 6.07 Å². The Balaban J connectivity index is 2.95. The Morgan fingerprint density at radius 1 is 0.955 bits per heavy atom. The average molecular weight is 300 g/mol. The van der Waals surface area contributed by atoms with E-state index < -0.39 is 5.63 Å². The van der Waals surface area contributed by atoms with Crippen molar-refractivity contribution in [2.45, 2.75) is 59.3 Å². The Morgan fingerprint density at radius 3 is 2.00 bits per heavy atom. The van der Waals surface area contributed by atoms with Gasteiger partial charge in [-0.3, -0.25) is 4.79 Å². The van der Waals surface area contributed by atoms with Crippen molar-refractivity contribution in [1.29, 1.82) is 0 Å². The van der Waals surface area contributed by atoms with Gasteiger partial charge in [0.25, 0.3) is 0 Å². The van der Waals surface area contributed by atoms with Gasteiger partial charge in [-0.25, -0.2) is 4.79 Å². The zero-order chi connectivity index (χ0) is 16.9. The number of hydrogen-bond acceptors (Lipinski definition) is 3. The molecule has 0 unspecified atom stereocenters. The summed E-state index contributed by atoms with van der Waals surface area (Å²) < 4.78 is 5.50. The zero-order valence-corrected chi connectivity index (χ0v) is 14.5. The normalized spacial score (nSPS) is 12.7. The lowest BCUT2D eigenvalue weighted by atomic mass is 9.79. The summed E-state index contributed by atoms with van der Waals surface area (Å²) in [5, 5.41) is 0.808. The molecule has 0 saturated heterocycles. The summed E-state index contributed by atoms with van der Waals surface area (Å²) in [6.07, 6.45) is 0. The molecule has 22 heavy (non-hydrogen) atoms. The third kappa shape index (κ3) is 2.99. The summed E-state index contributed by atoms with van der Waals surface area (Å²) in [6.45, 7) is 14.1. The minimum atomic E-state index is -0.561. The van der Waals surface area contributed by atoms with Gasteiger partial charge in [0.15, 0.2) is 5.78 Å². The molecule has 0 saturated carbocycles. The fourth-order valence-electron chi connectivity index (χ4n) is 2.47. The van der Waals surface area contributed by atoms with Gasteiger partial charge in [-0.1, -0.05) is 47.6 Å². The molecule has 2 rings (SSSR count). The van der Waals surface area contributed by atoms with Crippen molar-refractivity contribution >= 4 is 16.8 Å². The summed E-state index contributed by atoms with van der Waals surface area (Å²) >= 11 is 0. The van der Waals surface area contributed by atoms with Gasteiger partial charge in [0.05, 0.1) is 0 Å². The molecule has 0 fully saturated rings. The second-order valence-corrected chi connectivity index (χ2v) is 7.95. The highest BCUT2D eigenvalue weighted by Gasteiger charge is 2.24. The van der Waals surface area contributed by atoms with Crippen LogP contribution in [0.25, 0.3) is 11.0 Å². The van der Waals surface area contributed by atoms with Crippen molar-refractivity contribution < 1.29 is 9.21 Å². The molecule has 0 N–H and O–H groups in total. The van der Waals surface area contributed by atoms with Gasteiger partial charge < -0.3 is 4.42 Å². The first-order valence-corrected chi connectivity index (χ1v) is 7.55. The molecule has 2 aromatic rings. The molecule has 0 bridgehead atoms. The van der Waals surface area contributed by atoms with Crippen molar-refractivity contribution in [2.24, 2.45) is 0 Å². The third-order valence-electron chi connectivity index (χ3n) is 3.89. The summed E-state index contributed by atoms with van der Waals surface area (Å²) in [6, 6.07) is 5.78. The van der Waals surface area contributed by atoms with Crippen molar-refractivity contribution in [3.05, 3.63) is 45.3 Å². The van der Waals surface area contributed by atoms with E-state index in [9.17, 15) is 9.59 Å².